The number of alkyl halides is 1. The number of hydrogen-bond donors (Lipinski definition) is 2. The van der Waals surface area contributed by atoms with Crippen LogP contribution in [0.1, 0.15) is 53.5 Å². The van der Waals surface area contributed by atoms with Crippen LogP contribution in [0.2, 0.25) is 0 Å². The highest BCUT2D eigenvalue weighted by atomic mass is 127. The first kappa shape index (κ1) is 41.9. The fraction of sp³-hybridized carbons (Fsp3) is 0.188. The molecule has 0 radical (unpaired) electrons. The fourth-order valence-electron chi connectivity index (χ4n) is 7.48. The Balaban J connectivity index is 1.05. The number of benzene rings is 5. The predicted molar refractivity (Wildman–Crippen MR) is 249 cm³/mol. The number of aromatic nitrogens is 1. The Hall–Kier alpha value is -5.77. The van der Waals surface area contributed by atoms with E-state index in [9.17, 15) is 14.4 Å². The zero-order chi connectivity index (χ0) is 42.3. The number of amides is 2. The highest BCUT2D eigenvalue weighted by molar-refractivity contribution is 14.1. The number of carbonyl (C=O) groups is 3. The molecule has 0 spiro atoms. The van der Waals surface area contributed by atoms with E-state index < -0.39 is 40.8 Å². The lowest BCUT2D eigenvalue weighted by Crippen LogP contribution is -2.71. The van der Waals surface area contributed by atoms with Crippen LogP contribution < -0.4 is 10.6 Å². The Morgan fingerprint density at radius 2 is 1.33 bits per heavy atom. The predicted octanol–water partition coefficient (Wildman–Crippen LogP) is 9.10. The molecule has 2 aliphatic heterocycles. The topological polar surface area (TPSA) is 122 Å². The van der Waals surface area contributed by atoms with Gasteiger partial charge in [0.1, 0.15) is 34.4 Å². The van der Waals surface area contributed by atoms with Crippen molar-refractivity contribution in [3.8, 4) is 0 Å². The zero-order valence-electron chi connectivity index (χ0n) is 33.3. The van der Waals surface area contributed by atoms with Crippen molar-refractivity contribution in [2.45, 2.75) is 43.0 Å². The van der Waals surface area contributed by atoms with Gasteiger partial charge in [0.2, 0.25) is 0 Å². The number of thioether (sulfide) groups is 1. The number of anilines is 1. The Labute approximate surface area is 376 Å². The van der Waals surface area contributed by atoms with Crippen LogP contribution in [0, 0.1) is 0 Å². The first-order valence-electron chi connectivity index (χ1n) is 19.8. The van der Waals surface area contributed by atoms with Crippen molar-refractivity contribution in [1.82, 2.24) is 15.2 Å². The number of ether oxygens (including phenoxy) is 1. The maximum Gasteiger partial charge on any atom is 0.356 e. The molecule has 13 heteroatoms. The van der Waals surface area contributed by atoms with Crippen LogP contribution in [0.25, 0.3) is 0 Å². The second kappa shape index (κ2) is 18.9. The molecule has 0 saturated carbocycles. The van der Waals surface area contributed by atoms with E-state index >= 15 is 0 Å². The van der Waals surface area contributed by atoms with Crippen molar-refractivity contribution in [2.24, 2.45) is 5.16 Å². The molecule has 5 aromatic carbocycles. The minimum Gasteiger partial charge on any atom is -0.448 e. The molecule has 10 nitrogen and oxygen atoms in total. The largest absolute Gasteiger partial charge is 0.448 e. The van der Waals surface area contributed by atoms with Gasteiger partial charge in [-0.1, -0.05) is 179 Å². The minimum atomic E-state index is -0.933. The SMILES string of the molecule is CC(C)O/N=C(\C(=O)N[C@@H]1C(=O)N2C(C(=O)OC(c3ccccc3)c3ccccc3)=C(CI)CS[C@H]12)c1csc(NC(c2ccccc2)(c2ccccc2)c2ccccc2)n1. The first-order chi connectivity index (χ1) is 29.8. The second-order valence-corrected chi connectivity index (χ2v) is 17.4. The average Bonchev–Trinajstić information content (AvgIpc) is 3.77. The van der Waals surface area contributed by atoms with Crippen LogP contribution >= 0.6 is 45.7 Å². The maximum atomic E-state index is 14.3. The lowest BCUT2D eigenvalue weighted by molar-refractivity contribution is -0.154. The van der Waals surface area contributed by atoms with Crippen LogP contribution in [-0.2, 0) is 29.5 Å². The van der Waals surface area contributed by atoms with Crippen molar-refractivity contribution < 1.29 is 24.0 Å². The Morgan fingerprint density at radius 3 is 1.82 bits per heavy atom. The first-order valence-corrected chi connectivity index (χ1v) is 23.2. The molecule has 2 N–H and O–H groups in total. The van der Waals surface area contributed by atoms with Crippen molar-refractivity contribution in [2.75, 3.05) is 15.5 Å². The highest BCUT2D eigenvalue weighted by Gasteiger charge is 2.55. The molecular formula is C48H42IN5O5S2. The fourth-order valence-corrected chi connectivity index (χ4v) is 10.6. The molecule has 0 bridgehead atoms. The number of nitrogens with zero attached hydrogens (tertiary/aromatic N) is 3. The summed E-state index contributed by atoms with van der Waals surface area (Å²) in [5.41, 5.74) is 4.96. The summed E-state index contributed by atoms with van der Waals surface area (Å²) in [6, 6.07) is 48.6. The van der Waals surface area contributed by atoms with E-state index in [0.717, 1.165) is 33.4 Å². The van der Waals surface area contributed by atoms with Gasteiger partial charge < -0.3 is 20.2 Å². The van der Waals surface area contributed by atoms with Crippen molar-refractivity contribution in [3.05, 3.63) is 202 Å². The van der Waals surface area contributed by atoms with Gasteiger partial charge in [0, 0.05) is 15.6 Å². The molecule has 0 unspecified atom stereocenters. The van der Waals surface area contributed by atoms with Crippen LogP contribution in [0.15, 0.2) is 173 Å². The van der Waals surface area contributed by atoms with Gasteiger partial charge in [-0.15, -0.1) is 23.1 Å². The Morgan fingerprint density at radius 1 is 0.820 bits per heavy atom. The zero-order valence-corrected chi connectivity index (χ0v) is 37.1. The molecule has 8 rings (SSSR count). The number of carbonyl (C=O) groups excluding carboxylic acids is 3. The van der Waals surface area contributed by atoms with E-state index in [1.807, 2.05) is 129 Å². The van der Waals surface area contributed by atoms with E-state index in [2.05, 4.69) is 74.8 Å². The number of oxime groups is 1. The maximum absolute atomic E-state index is 14.3. The summed E-state index contributed by atoms with van der Waals surface area (Å²) in [6.45, 7) is 3.62. The molecule has 1 aromatic heterocycles. The normalized spacial score (nSPS) is 16.5. The van der Waals surface area contributed by atoms with Crippen molar-refractivity contribution >= 4 is 74.3 Å². The monoisotopic (exact) mass is 959 g/mol. The van der Waals surface area contributed by atoms with E-state index in [1.165, 1.54) is 28.0 Å². The summed E-state index contributed by atoms with van der Waals surface area (Å²) in [5, 5.41) is 12.7. The van der Waals surface area contributed by atoms with Crippen LogP contribution in [0.5, 0.6) is 0 Å². The summed E-state index contributed by atoms with van der Waals surface area (Å²) in [7, 11) is 0. The number of rotatable bonds is 15. The molecule has 6 aromatic rings. The number of thiazole rings is 1. The molecule has 1 saturated heterocycles. The van der Waals surface area contributed by atoms with E-state index in [0.29, 0.717) is 15.3 Å². The third-order valence-corrected chi connectivity index (χ3v) is 13.4. The smallest absolute Gasteiger partial charge is 0.356 e. The number of halogens is 1. The van der Waals surface area contributed by atoms with E-state index in [4.69, 9.17) is 14.6 Å². The molecule has 2 atom stereocenters. The number of fused-ring (bicyclic) bond motifs is 1. The quantitative estimate of drug-likeness (QED) is 0.0199. The second-order valence-electron chi connectivity index (χ2n) is 14.7. The van der Waals surface area contributed by atoms with E-state index in [-0.39, 0.29) is 23.2 Å². The van der Waals surface area contributed by atoms with Gasteiger partial charge >= 0.3 is 5.97 Å². The lowest BCUT2D eigenvalue weighted by Gasteiger charge is -2.49. The summed E-state index contributed by atoms with van der Waals surface area (Å²) in [5.74, 6) is -1.16. The third kappa shape index (κ3) is 8.72. The summed E-state index contributed by atoms with van der Waals surface area (Å²) >= 11 is 5.02. The van der Waals surface area contributed by atoms with E-state index in [1.54, 1.807) is 5.38 Å². The lowest BCUT2D eigenvalue weighted by atomic mass is 9.77. The van der Waals surface area contributed by atoms with Crippen molar-refractivity contribution in [3.63, 3.8) is 0 Å². The molecular weight excluding hydrogens is 918 g/mol. The van der Waals surface area contributed by atoms with Gasteiger partial charge in [-0.2, -0.15) is 0 Å². The molecule has 308 valence electrons. The van der Waals surface area contributed by atoms with Crippen molar-refractivity contribution in [1.29, 1.82) is 0 Å². The summed E-state index contributed by atoms with van der Waals surface area (Å²) in [6.07, 6.45) is -1.02. The summed E-state index contributed by atoms with van der Waals surface area (Å²) < 4.78 is 6.77. The van der Waals surface area contributed by atoms with Gasteiger partial charge in [0.15, 0.2) is 16.9 Å². The van der Waals surface area contributed by atoms with Gasteiger partial charge in [-0.05, 0) is 47.2 Å². The molecule has 2 aliphatic rings. The Kier molecular flexibility index (Phi) is 13.0. The standard InChI is InChI=1S/C48H42IN5O5S2/c1-31(2)59-53-39(38-30-61-47(50-38)52-48(35-22-12-5-13-23-35,36-24-14-6-15-25-36)37-26-16-7-17-27-37)43(55)51-40-44(56)54-41(34(28-49)29-60-45(40)54)46(57)58-42(32-18-8-3-9-19-32)33-20-10-4-11-21-33/h3-27,30-31,40,42,45H,28-29H2,1-2H3,(H,50,52)(H,51,55)/b53-39-/t40-,45-/m1/s1. The minimum absolute atomic E-state index is 0.0773. The van der Waals surface area contributed by atoms with Gasteiger partial charge in [0.05, 0.1) is 0 Å². The third-order valence-electron chi connectivity index (χ3n) is 10.3. The number of esters is 1. The summed E-state index contributed by atoms with van der Waals surface area (Å²) in [4.78, 5) is 54.6. The molecule has 61 heavy (non-hydrogen) atoms. The Bertz CT molecular complexity index is 2400. The molecule has 0 aliphatic carbocycles. The molecule has 2 amide bonds. The van der Waals surface area contributed by atoms with Gasteiger partial charge in [0.25, 0.3) is 11.8 Å². The number of nitrogens with one attached hydrogen (secondary N) is 2. The van der Waals surface area contributed by atoms with Crippen LogP contribution in [0.4, 0.5) is 5.13 Å². The van der Waals surface area contributed by atoms with Gasteiger partial charge in [-0.25, -0.2) is 9.78 Å². The van der Waals surface area contributed by atoms with Crippen LogP contribution in [0.3, 0.4) is 0 Å². The van der Waals surface area contributed by atoms with Gasteiger partial charge in [-0.3, -0.25) is 14.5 Å². The number of hydrogen-bond acceptors (Lipinski definition) is 10. The average molecular weight is 960 g/mol. The number of β-lactam (4-membered cyclic amide) rings is 1. The molecule has 1 fully saturated rings. The van der Waals surface area contributed by atoms with Crippen LogP contribution in [-0.4, -0.2) is 61.1 Å². The molecule has 3 heterocycles. The highest BCUT2D eigenvalue weighted by Crippen LogP contribution is 2.43.